The molecule has 0 aromatic rings. The van der Waals surface area contributed by atoms with Crippen molar-refractivity contribution in [3.63, 3.8) is 0 Å². The van der Waals surface area contributed by atoms with Crippen molar-refractivity contribution >= 4 is 5.91 Å². The molecule has 0 aromatic carbocycles. The first-order chi connectivity index (χ1) is 32.7. The second kappa shape index (κ2) is 57.7. The minimum absolute atomic E-state index is 0.0730. The van der Waals surface area contributed by atoms with Gasteiger partial charge in [0.25, 0.3) is 0 Å². The lowest BCUT2D eigenvalue weighted by Crippen LogP contribution is -2.45. The molecule has 0 rings (SSSR count). The van der Waals surface area contributed by atoms with E-state index in [1.807, 2.05) is 6.08 Å². The Labute approximate surface area is 414 Å². The van der Waals surface area contributed by atoms with Crippen LogP contribution in [0.2, 0.25) is 0 Å². The van der Waals surface area contributed by atoms with Crippen LogP contribution >= 0.6 is 0 Å². The molecule has 0 fully saturated rings. The number of amides is 1. The molecule has 0 spiro atoms. The Bertz CT molecular complexity index is 1050. The summed E-state index contributed by atoms with van der Waals surface area (Å²) < 4.78 is 0. The van der Waals surface area contributed by atoms with Gasteiger partial charge in [-0.1, -0.05) is 300 Å². The minimum atomic E-state index is -0.865. The topological polar surface area (TPSA) is 69.6 Å². The molecule has 66 heavy (non-hydrogen) atoms. The van der Waals surface area contributed by atoms with Crippen LogP contribution in [0.15, 0.2) is 48.6 Å². The van der Waals surface area contributed by atoms with E-state index in [0.717, 1.165) is 38.5 Å². The predicted octanol–water partition coefficient (Wildman–Crippen LogP) is 19.8. The number of carbonyl (C=O) groups is 1. The summed E-state index contributed by atoms with van der Waals surface area (Å²) in [6.45, 7) is 4.32. The largest absolute Gasteiger partial charge is 0.394 e. The molecule has 2 atom stereocenters. The summed E-state index contributed by atoms with van der Waals surface area (Å²) in [6, 6.07) is -0.642. The van der Waals surface area contributed by atoms with Gasteiger partial charge < -0.3 is 15.5 Å². The average molecular weight is 925 g/mol. The van der Waals surface area contributed by atoms with E-state index in [-0.39, 0.29) is 12.5 Å². The van der Waals surface area contributed by atoms with Crippen molar-refractivity contribution in [3.05, 3.63) is 48.6 Å². The Morgan fingerprint density at radius 1 is 0.364 bits per heavy atom. The zero-order chi connectivity index (χ0) is 47.7. The van der Waals surface area contributed by atoms with Gasteiger partial charge in [0.15, 0.2) is 0 Å². The summed E-state index contributed by atoms with van der Waals surface area (Å²) in [5.74, 6) is -0.0730. The quantitative estimate of drug-likeness (QED) is 0.0420. The molecule has 4 heteroatoms. The van der Waals surface area contributed by atoms with Gasteiger partial charge in [-0.25, -0.2) is 0 Å². The standard InChI is InChI=1S/C62H117NO3/c1-3-5-7-9-11-13-15-17-19-21-23-25-27-28-29-30-31-32-33-34-36-37-39-41-43-45-47-49-51-53-55-57-61(65)60(59-64)63-62(66)58-56-54-52-50-48-46-44-42-40-38-35-26-24-22-20-18-16-14-12-10-8-6-4-2/h16,18,22,24,47,49,55,57,60-61,64-65H,3-15,17,19-21,23,25-46,48,50-54,56,58-59H2,1-2H3,(H,63,66)/b18-16-,24-22-,49-47+,57-55+. The van der Waals surface area contributed by atoms with E-state index in [4.69, 9.17) is 0 Å². The van der Waals surface area contributed by atoms with Crippen molar-refractivity contribution in [2.24, 2.45) is 0 Å². The SMILES string of the molecule is CCCCCCC/C=C\C/C=C\CCCCCCCCCCCCCC(=O)NC(CO)C(O)/C=C/CC/C=C/CCCCCCCCCCCCCCCCCCCCCCCCCCC. The van der Waals surface area contributed by atoms with E-state index in [1.165, 1.54) is 263 Å². The normalized spacial score (nSPS) is 13.1. The van der Waals surface area contributed by atoms with Crippen LogP contribution in [-0.2, 0) is 4.79 Å². The molecule has 0 bridgehead atoms. The van der Waals surface area contributed by atoms with E-state index >= 15 is 0 Å². The molecule has 0 heterocycles. The Kier molecular flexibility index (Phi) is 56.2. The first kappa shape index (κ1) is 64.3. The van der Waals surface area contributed by atoms with E-state index in [1.54, 1.807) is 6.08 Å². The Morgan fingerprint density at radius 2 is 0.636 bits per heavy atom. The van der Waals surface area contributed by atoms with Crippen LogP contribution in [0.1, 0.15) is 322 Å². The van der Waals surface area contributed by atoms with E-state index in [9.17, 15) is 15.0 Å². The Balaban J connectivity index is 3.50. The van der Waals surface area contributed by atoms with Crippen LogP contribution in [0, 0.1) is 0 Å². The molecule has 388 valence electrons. The van der Waals surface area contributed by atoms with E-state index in [2.05, 4.69) is 55.6 Å². The first-order valence-electron chi connectivity index (χ1n) is 29.9. The van der Waals surface area contributed by atoms with Gasteiger partial charge in [0, 0.05) is 6.42 Å². The van der Waals surface area contributed by atoms with Crippen LogP contribution in [0.4, 0.5) is 0 Å². The molecule has 0 aliphatic heterocycles. The number of aliphatic hydroxyl groups is 2. The van der Waals surface area contributed by atoms with Gasteiger partial charge in [0.1, 0.15) is 0 Å². The zero-order valence-electron chi connectivity index (χ0n) is 44.7. The van der Waals surface area contributed by atoms with Gasteiger partial charge in [0.2, 0.25) is 5.91 Å². The number of rotatable bonds is 55. The number of hydrogen-bond acceptors (Lipinski definition) is 3. The highest BCUT2D eigenvalue weighted by Gasteiger charge is 2.18. The fourth-order valence-electron chi connectivity index (χ4n) is 9.23. The van der Waals surface area contributed by atoms with Gasteiger partial charge in [0.05, 0.1) is 18.8 Å². The maximum atomic E-state index is 12.5. The number of allylic oxidation sites excluding steroid dienone is 7. The predicted molar refractivity (Wildman–Crippen MR) is 295 cm³/mol. The second-order valence-corrected chi connectivity index (χ2v) is 20.4. The Morgan fingerprint density at radius 3 is 0.970 bits per heavy atom. The van der Waals surface area contributed by atoms with Crippen molar-refractivity contribution < 1.29 is 15.0 Å². The summed E-state index contributed by atoms with van der Waals surface area (Å²) in [5.41, 5.74) is 0. The molecule has 0 aliphatic carbocycles. The van der Waals surface area contributed by atoms with Crippen molar-refractivity contribution in [2.45, 2.75) is 334 Å². The van der Waals surface area contributed by atoms with E-state index in [0.29, 0.717) is 6.42 Å². The number of carbonyl (C=O) groups excluding carboxylic acids is 1. The van der Waals surface area contributed by atoms with Gasteiger partial charge in [-0.2, -0.15) is 0 Å². The molecular formula is C62H117NO3. The molecule has 4 nitrogen and oxygen atoms in total. The highest BCUT2D eigenvalue weighted by atomic mass is 16.3. The minimum Gasteiger partial charge on any atom is -0.394 e. The van der Waals surface area contributed by atoms with Crippen LogP contribution in [0.25, 0.3) is 0 Å². The Hall–Kier alpha value is -1.65. The average Bonchev–Trinajstić information content (AvgIpc) is 3.32. The lowest BCUT2D eigenvalue weighted by atomic mass is 10.0. The van der Waals surface area contributed by atoms with Crippen LogP contribution in [0.3, 0.4) is 0 Å². The van der Waals surface area contributed by atoms with Crippen LogP contribution in [-0.4, -0.2) is 34.9 Å². The molecule has 0 saturated carbocycles. The highest BCUT2D eigenvalue weighted by Crippen LogP contribution is 2.17. The molecule has 1 amide bonds. The van der Waals surface area contributed by atoms with Crippen molar-refractivity contribution in [1.29, 1.82) is 0 Å². The molecule has 0 aromatic heterocycles. The van der Waals surface area contributed by atoms with Crippen molar-refractivity contribution in [1.82, 2.24) is 5.32 Å². The summed E-state index contributed by atoms with van der Waals surface area (Å²) in [5, 5.41) is 23.2. The number of unbranched alkanes of at least 4 members (excludes halogenated alkanes) is 42. The first-order valence-corrected chi connectivity index (χ1v) is 29.9. The number of aliphatic hydroxyl groups excluding tert-OH is 2. The van der Waals surface area contributed by atoms with E-state index < -0.39 is 12.1 Å². The molecule has 3 N–H and O–H groups in total. The highest BCUT2D eigenvalue weighted by molar-refractivity contribution is 5.76. The third kappa shape index (κ3) is 53.3. The fourth-order valence-corrected chi connectivity index (χ4v) is 9.23. The smallest absolute Gasteiger partial charge is 0.220 e. The molecular weight excluding hydrogens is 807 g/mol. The third-order valence-corrected chi connectivity index (χ3v) is 13.8. The van der Waals surface area contributed by atoms with Gasteiger partial charge in [-0.3, -0.25) is 4.79 Å². The maximum absolute atomic E-state index is 12.5. The molecule has 0 aliphatic rings. The second-order valence-electron chi connectivity index (χ2n) is 20.4. The summed E-state index contributed by atoms with van der Waals surface area (Å²) in [6.07, 6.45) is 80.1. The summed E-state index contributed by atoms with van der Waals surface area (Å²) in [4.78, 5) is 12.5. The fraction of sp³-hybridized carbons (Fsp3) is 0.855. The number of nitrogens with one attached hydrogen (secondary N) is 1. The third-order valence-electron chi connectivity index (χ3n) is 13.8. The van der Waals surface area contributed by atoms with Gasteiger partial charge in [-0.15, -0.1) is 0 Å². The molecule has 2 unspecified atom stereocenters. The maximum Gasteiger partial charge on any atom is 0.220 e. The summed E-state index contributed by atoms with van der Waals surface area (Å²) in [7, 11) is 0. The monoisotopic (exact) mass is 924 g/mol. The van der Waals surface area contributed by atoms with Crippen LogP contribution in [0.5, 0.6) is 0 Å². The van der Waals surface area contributed by atoms with Crippen LogP contribution < -0.4 is 5.32 Å². The lowest BCUT2D eigenvalue weighted by molar-refractivity contribution is -0.123. The zero-order valence-corrected chi connectivity index (χ0v) is 44.7. The molecule has 0 saturated heterocycles. The lowest BCUT2D eigenvalue weighted by Gasteiger charge is -2.19. The van der Waals surface area contributed by atoms with Crippen molar-refractivity contribution in [3.8, 4) is 0 Å². The van der Waals surface area contributed by atoms with Gasteiger partial charge >= 0.3 is 0 Å². The van der Waals surface area contributed by atoms with Crippen molar-refractivity contribution in [2.75, 3.05) is 6.61 Å². The van der Waals surface area contributed by atoms with Gasteiger partial charge in [-0.05, 0) is 64.2 Å². The molecule has 0 radical (unpaired) electrons. The summed E-state index contributed by atoms with van der Waals surface area (Å²) >= 11 is 0. The number of hydrogen-bond donors (Lipinski definition) is 3.